The number of allylic oxidation sites excluding steroid dienone is 2. The smallest absolute Gasteiger partial charge is 0.122 e. The van der Waals surface area contributed by atoms with E-state index >= 15 is 0 Å². The molecule has 0 bridgehead atoms. The van der Waals surface area contributed by atoms with E-state index < -0.39 is 6.10 Å². The van der Waals surface area contributed by atoms with Crippen LogP contribution in [-0.2, 0) is 0 Å². The lowest BCUT2D eigenvalue weighted by atomic mass is 9.67. The molecule has 1 aliphatic rings. The summed E-state index contributed by atoms with van der Waals surface area (Å²) in [5, 5.41) is 9.91. The Balaban J connectivity index is 2.97. The third kappa shape index (κ3) is 2.08. The van der Waals surface area contributed by atoms with Crippen molar-refractivity contribution in [1.82, 2.24) is 0 Å². The molecule has 0 saturated heterocycles. The van der Waals surface area contributed by atoms with Gasteiger partial charge in [0.15, 0.2) is 0 Å². The lowest BCUT2D eigenvalue weighted by Gasteiger charge is -2.38. The molecule has 2 atom stereocenters. The molecule has 1 rings (SSSR count). The fourth-order valence-electron chi connectivity index (χ4n) is 2.11. The van der Waals surface area contributed by atoms with Gasteiger partial charge in [-0.15, -0.1) is 5.92 Å². The summed E-state index contributed by atoms with van der Waals surface area (Å²) in [5.41, 5.74) is 1.03. The summed E-state index contributed by atoms with van der Waals surface area (Å²) in [6.45, 7) is 10.0. The molecule has 1 N–H and O–H groups in total. The van der Waals surface area contributed by atoms with Gasteiger partial charge in [-0.2, -0.15) is 0 Å². The molecule has 0 spiro atoms. The highest BCUT2D eigenvalue weighted by molar-refractivity contribution is 5.29. The Hall–Kier alpha value is -1.00. The number of rotatable bonds is 1. The summed E-state index contributed by atoms with van der Waals surface area (Å²) < 4.78 is 0. The second-order valence-corrected chi connectivity index (χ2v) is 4.49. The first-order valence-electron chi connectivity index (χ1n) is 4.94. The quantitative estimate of drug-likeness (QED) is 0.630. The van der Waals surface area contributed by atoms with Crippen LogP contribution in [0.3, 0.4) is 0 Å². The molecule has 0 aromatic heterocycles. The van der Waals surface area contributed by atoms with E-state index in [-0.39, 0.29) is 11.3 Å². The van der Waals surface area contributed by atoms with E-state index in [2.05, 4.69) is 38.3 Å². The average molecular weight is 190 g/mol. The highest BCUT2D eigenvalue weighted by Crippen LogP contribution is 2.41. The normalized spacial score (nSPS) is 26.6. The lowest BCUT2D eigenvalue weighted by Crippen LogP contribution is -2.35. The molecular weight excluding hydrogens is 172 g/mol. The summed E-state index contributed by atoms with van der Waals surface area (Å²) in [7, 11) is 0. The molecule has 1 heteroatoms. The minimum absolute atomic E-state index is 0.0507. The first kappa shape index (κ1) is 11.1. The topological polar surface area (TPSA) is 20.2 Å². The van der Waals surface area contributed by atoms with Gasteiger partial charge in [0.05, 0.1) is 0 Å². The molecule has 1 aliphatic carbocycles. The fourth-order valence-corrected chi connectivity index (χ4v) is 2.11. The Bertz CT molecular complexity index is 312. The van der Waals surface area contributed by atoms with Gasteiger partial charge in [0.25, 0.3) is 0 Å². The van der Waals surface area contributed by atoms with Crippen molar-refractivity contribution in [3.05, 3.63) is 24.3 Å². The average Bonchev–Trinajstić information content (AvgIpc) is 2.02. The number of hydrogen-bond donors (Lipinski definition) is 1. The molecular formula is C13H18O. The van der Waals surface area contributed by atoms with Crippen molar-refractivity contribution < 1.29 is 5.11 Å². The van der Waals surface area contributed by atoms with Crippen LogP contribution in [0.5, 0.6) is 0 Å². The SMILES string of the molecule is C=C1C=CCC(C)(C)C1C(O)C#CC. The van der Waals surface area contributed by atoms with Crippen molar-refractivity contribution in [2.75, 3.05) is 0 Å². The molecule has 0 radical (unpaired) electrons. The minimum atomic E-state index is -0.590. The van der Waals surface area contributed by atoms with Crippen molar-refractivity contribution in [2.24, 2.45) is 11.3 Å². The molecule has 0 fully saturated rings. The Morgan fingerprint density at radius 3 is 2.79 bits per heavy atom. The highest BCUT2D eigenvalue weighted by atomic mass is 16.3. The zero-order valence-electron chi connectivity index (χ0n) is 9.17. The van der Waals surface area contributed by atoms with Crippen LogP contribution in [0.2, 0.25) is 0 Å². The van der Waals surface area contributed by atoms with E-state index in [0.29, 0.717) is 0 Å². The van der Waals surface area contributed by atoms with Crippen molar-refractivity contribution >= 4 is 0 Å². The zero-order chi connectivity index (χ0) is 10.8. The van der Waals surface area contributed by atoms with E-state index in [1.165, 1.54) is 0 Å². The van der Waals surface area contributed by atoms with Crippen molar-refractivity contribution in [2.45, 2.75) is 33.3 Å². The van der Waals surface area contributed by atoms with Crippen molar-refractivity contribution in [3.63, 3.8) is 0 Å². The Labute approximate surface area is 86.5 Å². The fraction of sp³-hybridized carbons (Fsp3) is 0.538. The lowest BCUT2D eigenvalue weighted by molar-refractivity contribution is 0.0972. The van der Waals surface area contributed by atoms with E-state index in [0.717, 1.165) is 12.0 Å². The largest absolute Gasteiger partial charge is 0.380 e. The molecule has 0 aromatic carbocycles. The predicted octanol–water partition coefficient (Wildman–Crippen LogP) is 2.53. The zero-order valence-corrected chi connectivity index (χ0v) is 9.17. The van der Waals surface area contributed by atoms with Gasteiger partial charge in [-0.3, -0.25) is 0 Å². The molecule has 1 nitrogen and oxygen atoms in total. The van der Waals surface area contributed by atoms with E-state index in [4.69, 9.17) is 0 Å². The molecule has 2 unspecified atom stereocenters. The van der Waals surface area contributed by atoms with Crippen molar-refractivity contribution in [3.8, 4) is 11.8 Å². The Morgan fingerprint density at radius 2 is 2.29 bits per heavy atom. The van der Waals surface area contributed by atoms with Gasteiger partial charge in [-0.05, 0) is 24.3 Å². The summed E-state index contributed by atoms with van der Waals surface area (Å²) in [6, 6.07) is 0. The van der Waals surface area contributed by atoms with Crippen LogP contribution >= 0.6 is 0 Å². The van der Waals surface area contributed by atoms with E-state index in [1.54, 1.807) is 6.92 Å². The van der Waals surface area contributed by atoms with Gasteiger partial charge in [0.2, 0.25) is 0 Å². The van der Waals surface area contributed by atoms with Crippen LogP contribution < -0.4 is 0 Å². The van der Waals surface area contributed by atoms with Crippen LogP contribution in [0.4, 0.5) is 0 Å². The van der Waals surface area contributed by atoms with Gasteiger partial charge in [0.1, 0.15) is 6.10 Å². The molecule has 0 heterocycles. The standard InChI is InChI=1S/C13H18O/c1-5-7-11(14)12-10(2)8-6-9-13(12,3)4/h6,8,11-12,14H,2,9H2,1,3-4H3. The Kier molecular flexibility index (Phi) is 3.18. The summed E-state index contributed by atoms with van der Waals surface area (Å²) in [5.74, 6) is 5.63. The molecule has 0 aromatic rings. The minimum Gasteiger partial charge on any atom is -0.380 e. The van der Waals surface area contributed by atoms with Gasteiger partial charge in [0, 0.05) is 5.92 Å². The molecule has 0 saturated carbocycles. The highest BCUT2D eigenvalue weighted by Gasteiger charge is 2.36. The van der Waals surface area contributed by atoms with E-state index in [9.17, 15) is 5.11 Å². The number of aliphatic hydroxyl groups is 1. The summed E-state index contributed by atoms with van der Waals surface area (Å²) >= 11 is 0. The first-order valence-corrected chi connectivity index (χ1v) is 4.94. The van der Waals surface area contributed by atoms with Crippen LogP contribution in [0.25, 0.3) is 0 Å². The van der Waals surface area contributed by atoms with Gasteiger partial charge in [-0.25, -0.2) is 0 Å². The Morgan fingerprint density at radius 1 is 1.64 bits per heavy atom. The van der Waals surface area contributed by atoms with Crippen LogP contribution in [-0.4, -0.2) is 11.2 Å². The van der Waals surface area contributed by atoms with Crippen LogP contribution in [0.15, 0.2) is 24.3 Å². The van der Waals surface area contributed by atoms with Crippen LogP contribution in [0, 0.1) is 23.2 Å². The summed E-state index contributed by atoms with van der Waals surface area (Å²) in [6.07, 6.45) is 4.49. The number of hydrogen-bond acceptors (Lipinski definition) is 1. The van der Waals surface area contributed by atoms with Gasteiger partial charge < -0.3 is 5.11 Å². The van der Waals surface area contributed by atoms with E-state index in [1.807, 2.05) is 6.08 Å². The first-order chi connectivity index (χ1) is 6.49. The maximum atomic E-state index is 9.91. The molecule has 14 heavy (non-hydrogen) atoms. The number of aliphatic hydroxyl groups excluding tert-OH is 1. The maximum Gasteiger partial charge on any atom is 0.122 e. The summed E-state index contributed by atoms with van der Waals surface area (Å²) in [4.78, 5) is 0. The van der Waals surface area contributed by atoms with Crippen LogP contribution in [0.1, 0.15) is 27.2 Å². The monoisotopic (exact) mass is 190 g/mol. The van der Waals surface area contributed by atoms with Gasteiger partial charge >= 0.3 is 0 Å². The maximum absolute atomic E-state index is 9.91. The van der Waals surface area contributed by atoms with Crippen molar-refractivity contribution in [1.29, 1.82) is 0 Å². The second-order valence-electron chi connectivity index (χ2n) is 4.49. The molecule has 0 amide bonds. The van der Waals surface area contributed by atoms with Gasteiger partial charge in [-0.1, -0.05) is 38.5 Å². The predicted molar refractivity (Wildman–Crippen MR) is 59.6 cm³/mol. The molecule has 0 aliphatic heterocycles. The third-order valence-electron chi connectivity index (χ3n) is 2.83. The third-order valence-corrected chi connectivity index (χ3v) is 2.83. The second kappa shape index (κ2) is 4.02. The molecule has 76 valence electrons.